The van der Waals surface area contributed by atoms with Crippen molar-refractivity contribution < 1.29 is 4.74 Å². The molecule has 5 heteroatoms. The topological polar surface area (TPSA) is 65.4 Å². The Morgan fingerprint density at radius 3 is 2.58 bits per heavy atom. The Bertz CT molecular complexity index is 807. The highest BCUT2D eigenvalue weighted by Gasteiger charge is 2.07. The highest BCUT2D eigenvalue weighted by Crippen LogP contribution is 2.21. The van der Waals surface area contributed by atoms with Crippen LogP contribution in [0.25, 0.3) is 11.3 Å². The number of nitrogen functional groups attached to an aromatic ring is 1. The Kier molecular flexibility index (Phi) is 4.91. The minimum Gasteiger partial charge on any atom is -0.494 e. The summed E-state index contributed by atoms with van der Waals surface area (Å²) in [7, 11) is 0. The van der Waals surface area contributed by atoms with Crippen LogP contribution in [0.4, 0.5) is 5.95 Å². The molecule has 0 saturated carbocycles. The standard InChI is InChI=1S/C19H20N4O/c1-2-12-24-17-10-8-15(9-11-17)13-22-23-18(14-21-19(23)20)16-6-4-3-5-7-16/h3-11,13-14H,2,12H2,1H3,(H2,20,21). The lowest BCUT2D eigenvalue weighted by Gasteiger charge is -2.05. The van der Waals surface area contributed by atoms with Crippen LogP contribution in [0.15, 0.2) is 65.9 Å². The van der Waals surface area contributed by atoms with E-state index in [9.17, 15) is 0 Å². The van der Waals surface area contributed by atoms with Gasteiger partial charge < -0.3 is 10.5 Å². The summed E-state index contributed by atoms with van der Waals surface area (Å²) in [5.41, 5.74) is 8.77. The number of anilines is 1. The molecule has 0 radical (unpaired) electrons. The van der Waals surface area contributed by atoms with E-state index in [4.69, 9.17) is 10.5 Å². The highest BCUT2D eigenvalue weighted by molar-refractivity contribution is 5.80. The fourth-order valence-electron chi connectivity index (χ4n) is 2.28. The molecule has 0 unspecified atom stereocenters. The van der Waals surface area contributed by atoms with Crippen LogP contribution in [-0.2, 0) is 0 Å². The summed E-state index contributed by atoms with van der Waals surface area (Å²) < 4.78 is 7.21. The van der Waals surface area contributed by atoms with Crippen molar-refractivity contribution in [1.29, 1.82) is 0 Å². The number of ether oxygens (including phenoxy) is 1. The van der Waals surface area contributed by atoms with Gasteiger partial charge in [-0.1, -0.05) is 37.3 Å². The summed E-state index contributed by atoms with van der Waals surface area (Å²) >= 11 is 0. The van der Waals surface area contributed by atoms with Gasteiger partial charge in [-0.25, -0.2) is 4.98 Å². The first-order valence-corrected chi connectivity index (χ1v) is 7.94. The first-order valence-electron chi connectivity index (χ1n) is 7.94. The number of nitrogens with two attached hydrogens (primary N) is 1. The first kappa shape index (κ1) is 15.8. The van der Waals surface area contributed by atoms with Gasteiger partial charge in [-0.2, -0.15) is 9.78 Å². The SMILES string of the molecule is CCCOc1ccc(C=Nn2c(-c3ccccc3)cnc2N)cc1. The molecule has 0 saturated heterocycles. The zero-order chi connectivity index (χ0) is 16.8. The van der Waals surface area contributed by atoms with Crippen LogP contribution in [0.3, 0.4) is 0 Å². The molecule has 0 amide bonds. The number of rotatable bonds is 6. The molecule has 1 aromatic heterocycles. The lowest BCUT2D eigenvalue weighted by Crippen LogP contribution is -2.00. The summed E-state index contributed by atoms with van der Waals surface area (Å²) in [6.07, 6.45) is 4.48. The third-order valence-electron chi connectivity index (χ3n) is 3.51. The molecule has 24 heavy (non-hydrogen) atoms. The van der Waals surface area contributed by atoms with Crippen LogP contribution in [0.5, 0.6) is 5.75 Å². The summed E-state index contributed by atoms with van der Waals surface area (Å²) in [5.74, 6) is 1.22. The Morgan fingerprint density at radius 2 is 1.88 bits per heavy atom. The van der Waals surface area contributed by atoms with Crippen molar-refractivity contribution in [3.05, 3.63) is 66.4 Å². The molecule has 0 aliphatic heterocycles. The van der Waals surface area contributed by atoms with E-state index in [0.717, 1.165) is 35.6 Å². The van der Waals surface area contributed by atoms with Crippen molar-refractivity contribution in [2.45, 2.75) is 13.3 Å². The first-order chi connectivity index (χ1) is 11.8. The van der Waals surface area contributed by atoms with Gasteiger partial charge in [0.1, 0.15) is 5.75 Å². The van der Waals surface area contributed by atoms with Gasteiger partial charge in [-0.05, 0) is 36.2 Å². The zero-order valence-corrected chi connectivity index (χ0v) is 13.6. The predicted molar refractivity (Wildman–Crippen MR) is 97.3 cm³/mol. The molecule has 3 rings (SSSR count). The number of hydrogen-bond acceptors (Lipinski definition) is 4. The molecule has 0 fully saturated rings. The van der Waals surface area contributed by atoms with E-state index in [2.05, 4.69) is 17.0 Å². The fraction of sp³-hybridized carbons (Fsp3) is 0.158. The van der Waals surface area contributed by atoms with Gasteiger partial charge in [0.05, 0.1) is 24.7 Å². The average molecular weight is 320 g/mol. The van der Waals surface area contributed by atoms with Crippen LogP contribution < -0.4 is 10.5 Å². The number of aromatic nitrogens is 2. The molecule has 2 aromatic carbocycles. The van der Waals surface area contributed by atoms with Gasteiger partial charge >= 0.3 is 0 Å². The smallest absolute Gasteiger partial charge is 0.221 e. The van der Waals surface area contributed by atoms with E-state index in [1.807, 2.05) is 54.6 Å². The second-order valence-electron chi connectivity index (χ2n) is 5.34. The quantitative estimate of drug-likeness (QED) is 0.702. The fourth-order valence-corrected chi connectivity index (χ4v) is 2.28. The van der Waals surface area contributed by atoms with Crippen molar-refractivity contribution in [2.75, 3.05) is 12.3 Å². The maximum atomic E-state index is 5.94. The van der Waals surface area contributed by atoms with E-state index in [-0.39, 0.29) is 0 Å². The van der Waals surface area contributed by atoms with Gasteiger partial charge in [0, 0.05) is 5.56 Å². The van der Waals surface area contributed by atoms with E-state index >= 15 is 0 Å². The summed E-state index contributed by atoms with van der Waals surface area (Å²) in [6, 6.07) is 17.7. The molecule has 1 heterocycles. The highest BCUT2D eigenvalue weighted by atomic mass is 16.5. The largest absolute Gasteiger partial charge is 0.494 e. The summed E-state index contributed by atoms with van der Waals surface area (Å²) in [6.45, 7) is 2.81. The monoisotopic (exact) mass is 320 g/mol. The van der Waals surface area contributed by atoms with Gasteiger partial charge in [0.25, 0.3) is 0 Å². The Morgan fingerprint density at radius 1 is 1.12 bits per heavy atom. The Balaban J connectivity index is 1.81. The predicted octanol–water partition coefficient (Wildman–Crippen LogP) is 3.80. The van der Waals surface area contributed by atoms with Crippen molar-refractivity contribution in [3.63, 3.8) is 0 Å². The van der Waals surface area contributed by atoms with Gasteiger partial charge in [0.15, 0.2) is 0 Å². The molecule has 0 atom stereocenters. The molecule has 0 aliphatic carbocycles. The van der Waals surface area contributed by atoms with Gasteiger partial charge in [-0.3, -0.25) is 0 Å². The van der Waals surface area contributed by atoms with E-state index in [1.54, 1.807) is 17.1 Å². The minimum atomic E-state index is 0.355. The molecule has 122 valence electrons. The van der Waals surface area contributed by atoms with Gasteiger partial charge in [-0.15, -0.1) is 0 Å². The van der Waals surface area contributed by atoms with Crippen molar-refractivity contribution in [2.24, 2.45) is 5.10 Å². The Labute approximate surface area is 141 Å². The third kappa shape index (κ3) is 3.63. The lowest BCUT2D eigenvalue weighted by molar-refractivity contribution is 0.317. The number of nitrogens with zero attached hydrogens (tertiary/aromatic N) is 3. The third-order valence-corrected chi connectivity index (χ3v) is 3.51. The van der Waals surface area contributed by atoms with E-state index in [0.29, 0.717) is 5.95 Å². The van der Waals surface area contributed by atoms with Crippen LogP contribution in [-0.4, -0.2) is 22.5 Å². The lowest BCUT2D eigenvalue weighted by atomic mass is 10.2. The molecule has 0 spiro atoms. The second kappa shape index (κ2) is 7.46. The Hall–Kier alpha value is -3.08. The van der Waals surface area contributed by atoms with Gasteiger partial charge in [0.2, 0.25) is 5.95 Å². The summed E-state index contributed by atoms with van der Waals surface area (Å²) in [4.78, 5) is 4.16. The van der Waals surface area contributed by atoms with Crippen molar-refractivity contribution in [1.82, 2.24) is 9.66 Å². The van der Waals surface area contributed by atoms with E-state index in [1.165, 1.54) is 0 Å². The minimum absolute atomic E-state index is 0.355. The molecule has 3 aromatic rings. The molecular formula is C19H20N4O. The van der Waals surface area contributed by atoms with Crippen molar-refractivity contribution >= 4 is 12.2 Å². The number of imidazole rings is 1. The van der Waals surface area contributed by atoms with Crippen LogP contribution in [0.2, 0.25) is 0 Å². The molecule has 2 N–H and O–H groups in total. The zero-order valence-electron chi connectivity index (χ0n) is 13.6. The molecular weight excluding hydrogens is 300 g/mol. The normalized spacial score (nSPS) is 11.0. The van der Waals surface area contributed by atoms with Crippen LogP contribution >= 0.6 is 0 Å². The van der Waals surface area contributed by atoms with E-state index < -0.39 is 0 Å². The molecule has 0 bridgehead atoms. The number of benzene rings is 2. The average Bonchev–Trinajstić information content (AvgIpc) is 3.00. The maximum Gasteiger partial charge on any atom is 0.221 e. The van der Waals surface area contributed by atoms with Crippen molar-refractivity contribution in [3.8, 4) is 17.0 Å². The number of hydrogen-bond donors (Lipinski definition) is 1. The van der Waals surface area contributed by atoms with Crippen LogP contribution in [0.1, 0.15) is 18.9 Å². The summed E-state index contributed by atoms with van der Waals surface area (Å²) in [5, 5.41) is 4.47. The van der Waals surface area contributed by atoms with Crippen LogP contribution in [0, 0.1) is 0 Å². The molecule has 5 nitrogen and oxygen atoms in total. The maximum absolute atomic E-state index is 5.94. The molecule has 0 aliphatic rings. The second-order valence-corrected chi connectivity index (χ2v) is 5.34.